The van der Waals surface area contributed by atoms with E-state index in [1.54, 1.807) is 17.3 Å². The van der Waals surface area contributed by atoms with Crippen molar-refractivity contribution in [3.8, 4) is 6.01 Å². The van der Waals surface area contributed by atoms with Crippen molar-refractivity contribution in [2.75, 3.05) is 13.1 Å². The van der Waals surface area contributed by atoms with Gasteiger partial charge in [0.2, 0.25) is 5.91 Å². The molecule has 1 aliphatic rings. The summed E-state index contributed by atoms with van der Waals surface area (Å²) in [6, 6.07) is -0.438. The predicted octanol–water partition coefficient (Wildman–Crippen LogP) is 4.05. The molecule has 2 heterocycles. The van der Waals surface area contributed by atoms with Crippen molar-refractivity contribution in [2.24, 2.45) is 11.3 Å². The lowest BCUT2D eigenvalue weighted by molar-refractivity contribution is -0.146. The molecule has 0 bridgehead atoms. The minimum atomic E-state index is -1.08. The van der Waals surface area contributed by atoms with Crippen LogP contribution in [0.15, 0.2) is 16.9 Å². The van der Waals surface area contributed by atoms with E-state index in [0.717, 1.165) is 4.47 Å². The predicted molar refractivity (Wildman–Crippen MR) is 117 cm³/mol. The van der Waals surface area contributed by atoms with Crippen LogP contribution in [0, 0.1) is 11.3 Å². The van der Waals surface area contributed by atoms with Gasteiger partial charge in [-0.2, -0.15) is 0 Å². The average Bonchev–Trinajstić information content (AvgIpc) is 2.60. The monoisotopic (exact) mass is 484 g/mol. The first kappa shape index (κ1) is 24.4. The van der Waals surface area contributed by atoms with E-state index in [9.17, 15) is 14.7 Å². The highest BCUT2D eigenvalue weighted by molar-refractivity contribution is 9.10. The molecule has 9 heteroatoms. The summed E-state index contributed by atoms with van der Waals surface area (Å²) in [5.74, 6) is -0.310. The topological polar surface area (TPSA) is 95.9 Å². The molecule has 1 aromatic rings. The molecule has 168 valence electrons. The number of carbonyl (C=O) groups is 2. The summed E-state index contributed by atoms with van der Waals surface area (Å²) >= 11 is 3.31. The third-order valence-corrected chi connectivity index (χ3v) is 5.79. The summed E-state index contributed by atoms with van der Waals surface area (Å²) in [5.41, 5.74) is -1.03. The maximum absolute atomic E-state index is 13.5. The Morgan fingerprint density at radius 2 is 1.87 bits per heavy atom. The van der Waals surface area contributed by atoms with E-state index >= 15 is 0 Å². The van der Waals surface area contributed by atoms with Crippen molar-refractivity contribution in [3.05, 3.63) is 16.9 Å². The smallest absolute Gasteiger partial charge is 0.408 e. The Balaban J connectivity index is 2.19. The van der Waals surface area contributed by atoms with Crippen LogP contribution in [0.25, 0.3) is 0 Å². The van der Waals surface area contributed by atoms with Crippen molar-refractivity contribution in [3.63, 3.8) is 0 Å². The van der Waals surface area contributed by atoms with Gasteiger partial charge in [-0.3, -0.25) is 9.69 Å². The summed E-state index contributed by atoms with van der Waals surface area (Å²) in [6.45, 7) is 14.2. The molecule has 0 saturated carbocycles. The lowest BCUT2D eigenvalue weighted by Gasteiger charge is -2.47. The Kier molecular flexibility index (Phi) is 7.37. The van der Waals surface area contributed by atoms with E-state index in [-0.39, 0.29) is 23.3 Å². The molecule has 1 N–H and O–H groups in total. The van der Waals surface area contributed by atoms with Crippen molar-refractivity contribution in [1.82, 2.24) is 19.8 Å². The van der Waals surface area contributed by atoms with Gasteiger partial charge in [0.1, 0.15) is 12.1 Å². The molecule has 1 aliphatic heterocycles. The molecule has 0 aromatic carbocycles. The van der Waals surface area contributed by atoms with Gasteiger partial charge in [0.25, 0.3) is 0 Å². The van der Waals surface area contributed by atoms with E-state index < -0.39 is 17.7 Å². The Hall–Kier alpha value is -1.90. The number of halogens is 1. The van der Waals surface area contributed by atoms with Crippen LogP contribution >= 0.6 is 15.9 Å². The fourth-order valence-corrected chi connectivity index (χ4v) is 4.14. The van der Waals surface area contributed by atoms with Crippen molar-refractivity contribution in [2.45, 2.75) is 72.6 Å². The van der Waals surface area contributed by atoms with Crippen molar-refractivity contribution in [1.29, 1.82) is 0 Å². The standard InChI is InChI=1S/C21H33BrN4O4/c1-13(2)16(26(19(28)29)20(3,4)5)17(27)25-9-8-15(21(6,7)12-25)30-18-23-10-14(22)11-24-18/h10-11,13,15-16H,8-9,12H2,1-7H3,(H,28,29)/t15?,16-/m0/s1. The second-order valence-electron chi connectivity index (χ2n) is 9.84. The number of likely N-dealkylation sites (tertiary alicyclic amines) is 1. The number of carbonyl (C=O) groups excluding carboxylic acids is 1. The summed E-state index contributed by atoms with van der Waals surface area (Å²) in [7, 11) is 0. The van der Waals surface area contributed by atoms with Crippen molar-refractivity contribution >= 4 is 27.9 Å². The molecule has 2 atom stereocenters. The largest absolute Gasteiger partial charge is 0.465 e. The van der Waals surface area contributed by atoms with Gasteiger partial charge in [-0.25, -0.2) is 14.8 Å². The molecule has 2 amide bonds. The summed E-state index contributed by atoms with van der Waals surface area (Å²) < 4.78 is 6.79. The molecule has 1 unspecified atom stereocenters. The molecular weight excluding hydrogens is 452 g/mol. The highest BCUT2D eigenvalue weighted by atomic mass is 79.9. The highest BCUT2D eigenvalue weighted by Gasteiger charge is 2.45. The molecule has 8 nitrogen and oxygen atoms in total. The number of hydrogen-bond acceptors (Lipinski definition) is 5. The highest BCUT2D eigenvalue weighted by Crippen LogP contribution is 2.34. The third kappa shape index (κ3) is 5.62. The number of aromatic nitrogens is 2. The number of hydrogen-bond donors (Lipinski definition) is 1. The van der Waals surface area contributed by atoms with Crippen LogP contribution in [0.2, 0.25) is 0 Å². The van der Waals surface area contributed by atoms with E-state index in [1.807, 2.05) is 48.5 Å². The van der Waals surface area contributed by atoms with E-state index in [4.69, 9.17) is 4.74 Å². The second-order valence-corrected chi connectivity index (χ2v) is 10.8. The van der Waals surface area contributed by atoms with Crippen LogP contribution in [0.5, 0.6) is 6.01 Å². The van der Waals surface area contributed by atoms with Gasteiger partial charge in [-0.15, -0.1) is 0 Å². The number of rotatable bonds is 5. The molecule has 30 heavy (non-hydrogen) atoms. The number of amides is 2. The van der Waals surface area contributed by atoms with Crippen molar-refractivity contribution < 1.29 is 19.4 Å². The lowest BCUT2D eigenvalue weighted by Crippen LogP contribution is -2.62. The summed E-state index contributed by atoms with van der Waals surface area (Å²) in [6.07, 6.45) is 2.64. The summed E-state index contributed by atoms with van der Waals surface area (Å²) in [5, 5.41) is 9.82. The Morgan fingerprint density at radius 3 is 2.30 bits per heavy atom. The van der Waals surface area contributed by atoms with Crippen LogP contribution in [0.4, 0.5) is 4.79 Å². The first-order valence-corrected chi connectivity index (χ1v) is 11.0. The van der Waals surface area contributed by atoms with Gasteiger partial charge in [0.15, 0.2) is 0 Å². The lowest BCUT2D eigenvalue weighted by atomic mass is 9.80. The molecule has 1 fully saturated rings. The van der Waals surface area contributed by atoms with E-state index in [0.29, 0.717) is 25.5 Å². The van der Waals surface area contributed by atoms with Gasteiger partial charge in [0.05, 0.1) is 4.47 Å². The number of nitrogens with zero attached hydrogens (tertiary/aromatic N) is 4. The minimum Gasteiger partial charge on any atom is -0.465 e. The molecule has 0 aliphatic carbocycles. The second kappa shape index (κ2) is 9.08. The Bertz CT molecular complexity index is 761. The first-order chi connectivity index (χ1) is 13.7. The van der Waals surface area contributed by atoms with Gasteiger partial charge >= 0.3 is 12.1 Å². The minimum absolute atomic E-state index is 0.152. The van der Waals surface area contributed by atoms with E-state index in [2.05, 4.69) is 25.9 Å². The fourth-order valence-electron chi connectivity index (χ4n) is 3.94. The van der Waals surface area contributed by atoms with Gasteiger partial charge < -0.3 is 14.7 Å². The molecular formula is C21H33BrN4O4. The maximum Gasteiger partial charge on any atom is 0.408 e. The van der Waals surface area contributed by atoms with Gasteiger partial charge in [-0.05, 0) is 42.6 Å². The Morgan fingerprint density at radius 1 is 1.30 bits per heavy atom. The molecule has 0 spiro atoms. The fraction of sp³-hybridized carbons (Fsp3) is 0.714. The maximum atomic E-state index is 13.5. The molecule has 1 saturated heterocycles. The van der Waals surface area contributed by atoms with Crippen LogP contribution in [0.1, 0.15) is 54.9 Å². The summed E-state index contributed by atoms with van der Waals surface area (Å²) in [4.78, 5) is 36.9. The molecule has 2 rings (SSSR count). The third-order valence-electron chi connectivity index (χ3n) is 5.38. The zero-order chi connectivity index (χ0) is 22.9. The van der Waals surface area contributed by atoms with Gasteiger partial charge in [0, 0.05) is 42.9 Å². The Labute approximate surface area is 187 Å². The zero-order valence-corrected chi connectivity index (χ0v) is 20.4. The van der Waals surface area contributed by atoms with Crippen LogP contribution in [-0.4, -0.2) is 67.6 Å². The molecule has 1 aromatic heterocycles. The number of carboxylic acid groups (broad SMARTS) is 1. The van der Waals surface area contributed by atoms with Crippen LogP contribution in [0.3, 0.4) is 0 Å². The zero-order valence-electron chi connectivity index (χ0n) is 18.8. The average molecular weight is 485 g/mol. The SMILES string of the molecule is CC(C)[C@@H](C(=O)N1CCC(Oc2ncc(Br)cn2)C(C)(C)C1)N(C(=O)O)C(C)(C)C. The number of piperidine rings is 1. The quantitative estimate of drug-likeness (QED) is 0.676. The first-order valence-electron chi connectivity index (χ1n) is 10.2. The number of ether oxygens (including phenoxy) is 1. The van der Waals surface area contributed by atoms with Crippen LogP contribution < -0.4 is 4.74 Å². The van der Waals surface area contributed by atoms with Gasteiger partial charge in [-0.1, -0.05) is 27.7 Å². The van der Waals surface area contributed by atoms with E-state index in [1.165, 1.54) is 4.90 Å². The normalized spacial score (nSPS) is 20.0. The molecule has 0 radical (unpaired) electrons. The van der Waals surface area contributed by atoms with Crippen LogP contribution in [-0.2, 0) is 4.79 Å².